The number of hydrogen-bond acceptors (Lipinski definition) is 8. The normalized spacial score (nSPS) is 21.1. The number of ether oxygens (including phenoxy) is 1. The van der Waals surface area contributed by atoms with Crippen molar-refractivity contribution < 1.29 is 20.7 Å². The monoisotopic (exact) mass is 523 g/mol. The summed E-state index contributed by atoms with van der Waals surface area (Å²) in [5.74, 6) is -0.159. The molecule has 1 amide bonds. The number of aromatic nitrogens is 3. The molecule has 2 aromatic heterocycles. The number of sulfonamides is 1. The summed E-state index contributed by atoms with van der Waals surface area (Å²) in [6, 6.07) is 9.24. The molecule has 0 spiro atoms. The molecule has 0 bridgehead atoms. The Hall–Kier alpha value is -3.77. The number of aryl methyl sites for hydroxylation is 1. The van der Waals surface area contributed by atoms with Crippen molar-refractivity contribution in [3.05, 3.63) is 66.1 Å². The van der Waals surface area contributed by atoms with Crippen molar-refractivity contribution in [3.8, 4) is 5.88 Å². The van der Waals surface area contributed by atoms with Crippen molar-refractivity contribution in [1.29, 1.82) is 0 Å². The zero-order valence-corrected chi connectivity index (χ0v) is 21.1. The largest absolute Gasteiger partial charge is 0.475 e. The number of rotatable bonds is 8. The first-order chi connectivity index (χ1) is 18.5. The predicted molar refractivity (Wildman–Crippen MR) is 136 cm³/mol. The van der Waals surface area contributed by atoms with Crippen LogP contribution in [0.3, 0.4) is 0 Å². The zero-order chi connectivity index (χ0) is 27.6. The Morgan fingerprint density at radius 1 is 1.27 bits per heavy atom. The second kappa shape index (κ2) is 8.67. The molecule has 1 atom stereocenters. The predicted octanol–water partition coefficient (Wildman–Crippen LogP) is 1.93. The molecule has 37 heavy (non-hydrogen) atoms. The molecule has 1 N–H and O–H groups in total. The third-order valence-corrected chi connectivity index (χ3v) is 8.22. The van der Waals surface area contributed by atoms with Crippen LogP contribution in [0.2, 0.25) is 0 Å². The van der Waals surface area contributed by atoms with Gasteiger partial charge in [0.15, 0.2) is 0 Å². The lowest BCUT2D eigenvalue weighted by Crippen LogP contribution is -2.53. The number of carbonyl (C=O) groups excluding carboxylic acids is 1. The minimum atomic E-state index is -3.91. The average Bonchev–Trinajstić information content (AvgIpc) is 3.25. The van der Waals surface area contributed by atoms with Crippen LogP contribution in [0.15, 0.2) is 64.9 Å². The molecule has 1 saturated carbocycles. The first kappa shape index (κ1) is 21.3. The first-order valence-corrected chi connectivity index (χ1v) is 13.4. The van der Waals surface area contributed by atoms with Crippen molar-refractivity contribution in [2.45, 2.75) is 42.7 Å². The second-order valence-corrected chi connectivity index (χ2v) is 11.3. The van der Waals surface area contributed by atoms with E-state index in [1.165, 1.54) is 29.2 Å². The highest BCUT2D eigenvalue weighted by Gasteiger charge is 2.44. The zero-order valence-electron chi connectivity index (χ0n) is 22.3. The Morgan fingerprint density at radius 3 is 2.81 bits per heavy atom. The van der Waals surface area contributed by atoms with Gasteiger partial charge in [-0.15, -0.1) is 0 Å². The molecule has 1 aromatic carbocycles. The summed E-state index contributed by atoms with van der Waals surface area (Å²) in [5.41, 5.74) is 0.145. The third-order valence-electron chi connectivity index (χ3n) is 6.58. The molecule has 1 aliphatic carbocycles. The molecule has 0 radical (unpaired) electrons. The van der Waals surface area contributed by atoms with Gasteiger partial charge in [-0.1, -0.05) is 6.07 Å². The molecule has 0 unspecified atom stereocenters. The molecular weight excluding hydrogens is 494 g/mol. The molecule has 11 nitrogen and oxygen atoms in total. The lowest BCUT2D eigenvalue weighted by molar-refractivity contribution is 0.0832. The Labute approximate surface area is 217 Å². The highest BCUT2D eigenvalue weighted by atomic mass is 32.2. The SMILES string of the molecule is [2H]C([2H])(c1cnn(C)c1)N1C(=O)c2cc(S(=O)(=O)NC3(C)CC3)ccc2N2C1=NC[C@@H]2COc1ccccn1. The summed E-state index contributed by atoms with van der Waals surface area (Å²) in [4.78, 5) is 25.3. The van der Waals surface area contributed by atoms with E-state index in [1.807, 2.05) is 6.92 Å². The van der Waals surface area contributed by atoms with Gasteiger partial charge in [0.05, 0.1) is 44.2 Å². The number of guanidine groups is 1. The van der Waals surface area contributed by atoms with Gasteiger partial charge in [-0.05, 0) is 44.0 Å². The van der Waals surface area contributed by atoms with E-state index in [0.29, 0.717) is 11.6 Å². The van der Waals surface area contributed by atoms with E-state index in [9.17, 15) is 13.2 Å². The van der Waals surface area contributed by atoms with Crippen LogP contribution in [-0.2, 0) is 23.6 Å². The van der Waals surface area contributed by atoms with Crippen LogP contribution >= 0.6 is 0 Å². The van der Waals surface area contributed by atoms with Gasteiger partial charge in [0.1, 0.15) is 6.61 Å². The Balaban J connectivity index is 1.42. The molecule has 6 rings (SSSR count). The van der Waals surface area contributed by atoms with Crippen LogP contribution in [0.1, 0.15) is 38.4 Å². The topological polar surface area (TPSA) is 122 Å². The van der Waals surface area contributed by atoms with Gasteiger partial charge in [0.25, 0.3) is 5.91 Å². The van der Waals surface area contributed by atoms with Gasteiger partial charge >= 0.3 is 0 Å². The molecule has 1 fully saturated rings. The van der Waals surface area contributed by atoms with E-state index >= 15 is 0 Å². The van der Waals surface area contributed by atoms with E-state index in [2.05, 4.69) is 19.8 Å². The lowest BCUT2D eigenvalue weighted by Gasteiger charge is -2.38. The molecule has 12 heteroatoms. The number of benzene rings is 1. The smallest absolute Gasteiger partial charge is 0.263 e. The second-order valence-electron chi connectivity index (χ2n) is 9.64. The van der Waals surface area contributed by atoms with Crippen LogP contribution in [-0.4, -0.2) is 64.7 Å². The van der Waals surface area contributed by atoms with Crippen LogP contribution in [0.4, 0.5) is 5.69 Å². The number of pyridine rings is 1. The van der Waals surface area contributed by atoms with Crippen LogP contribution in [0, 0.1) is 0 Å². The van der Waals surface area contributed by atoms with E-state index < -0.39 is 34.0 Å². The van der Waals surface area contributed by atoms with Gasteiger partial charge in [0, 0.05) is 36.6 Å². The minimum Gasteiger partial charge on any atom is -0.475 e. The molecule has 0 saturated heterocycles. The molecule has 2 aliphatic heterocycles. The average molecular weight is 524 g/mol. The van der Waals surface area contributed by atoms with Crippen molar-refractivity contribution in [1.82, 2.24) is 24.4 Å². The van der Waals surface area contributed by atoms with Crippen molar-refractivity contribution in [3.63, 3.8) is 0 Å². The van der Waals surface area contributed by atoms with Crippen LogP contribution < -0.4 is 14.4 Å². The summed E-state index contributed by atoms with van der Waals surface area (Å²) >= 11 is 0. The first-order valence-electron chi connectivity index (χ1n) is 12.9. The van der Waals surface area contributed by atoms with Crippen molar-refractivity contribution in [2.75, 3.05) is 18.1 Å². The van der Waals surface area contributed by atoms with Crippen LogP contribution in [0.25, 0.3) is 0 Å². The van der Waals surface area contributed by atoms with Gasteiger partial charge in [-0.2, -0.15) is 5.10 Å². The number of nitrogens with one attached hydrogen (secondary N) is 1. The van der Waals surface area contributed by atoms with E-state index in [1.54, 1.807) is 42.4 Å². The van der Waals surface area contributed by atoms with E-state index in [0.717, 1.165) is 17.7 Å². The highest BCUT2D eigenvalue weighted by Crippen LogP contribution is 2.38. The van der Waals surface area contributed by atoms with E-state index in [-0.39, 0.29) is 35.1 Å². The summed E-state index contributed by atoms with van der Waals surface area (Å²) < 4.78 is 54.2. The minimum absolute atomic E-state index is 0.0512. The van der Waals surface area contributed by atoms with Gasteiger partial charge < -0.3 is 9.64 Å². The Morgan fingerprint density at radius 2 is 2.11 bits per heavy atom. The maximum absolute atomic E-state index is 13.9. The van der Waals surface area contributed by atoms with Gasteiger partial charge in [-0.3, -0.25) is 14.4 Å². The standard InChI is InChI=1S/C25H27N7O4S/c1-25(8-9-25)29-37(34,35)19-6-7-21-20(11-19)23(33)31(15-17-12-28-30(2)14-17)24-27-13-18(32(21)24)16-36-22-5-3-4-10-26-22/h3-7,10-12,14,18,29H,8-9,13,15-16H2,1-2H3/t18-/m1/s1/i15D2. The number of hydrogen-bond donors (Lipinski definition) is 1. The fourth-order valence-electron chi connectivity index (χ4n) is 4.39. The fraction of sp³-hybridized carbons (Fsp3) is 0.360. The fourth-order valence-corrected chi connectivity index (χ4v) is 5.88. The molecule has 3 aromatic rings. The van der Waals surface area contributed by atoms with E-state index in [4.69, 9.17) is 7.48 Å². The number of nitrogens with zero attached hydrogens (tertiary/aromatic N) is 6. The van der Waals surface area contributed by atoms with Crippen molar-refractivity contribution >= 4 is 27.6 Å². The number of aliphatic imine (C=N–C) groups is 1. The van der Waals surface area contributed by atoms with Gasteiger partial charge in [-0.25, -0.2) is 23.1 Å². The summed E-state index contributed by atoms with van der Waals surface area (Å²) in [7, 11) is -2.25. The maximum atomic E-state index is 13.9. The Kier molecular flexibility index (Phi) is 4.99. The molecule has 4 heterocycles. The Bertz CT molecular complexity index is 1590. The number of amides is 1. The third kappa shape index (κ3) is 4.46. The number of anilines is 1. The van der Waals surface area contributed by atoms with Crippen molar-refractivity contribution in [2.24, 2.45) is 12.0 Å². The lowest BCUT2D eigenvalue weighted by atomic mass is 10.1. The summed E-state index contributed by atoms with van der Waals surface area (Å²) in [6.07, 6.45) is 5.93. The number of fused-ring (bicyclic) bond motifs is 3. The molecule has 192 valence electrons. The molecular formula is C25H27N7O4S. The molecule has 3 aliphatic rings. The van der Waals surface area contributed by atoms with Crippen LogP contribution in [0.5, 0.6) is 5.88 Å². The summed E-state index contributed by atoms with van der Waals surface area (Å²) in [6.45, 7) is -0.112. The maximum Gasteiger partial charge on any atom is 0.263 e. The summed E-state index contributed by atoms with van der Waals surface area (Å²) in [5, 5.41) is 4.07. The number of carbonyl (C=O) groups is 1. The highest BCUT2D eigenvalue weighted by molar-refractivity contribution is 7.89. The van der Waals surface area contributed by atoms with Gasteiger partial charge in [0.2, 0.25) is 21.9 Å². The quantitative estimate of drug-likeness (QED) is 0.479.